The molecule has 4 N–H and O–H groups in total. The fourth-order valence-electron chi connectivity index (χ4n) is 3.94. The largest absolute Gasteiger partial charge is 0.508 e. The van der Waals surface area contributed by atoms with Crippen LogP contribution < -0.4 is 5.32 Å². The van der Waals surface area contributed by atoms with Crippen LogP contribution in [0.3, 0.4) is 0 Å². The molecule has 0 unspecified atom stereocenters. The highest BCUT2D eigenvalue weighted by atomic mass is 31.2. The fourth-order valence-corrected chi connectivity index (χ4v) is 4.51. The molecule has 34 heavy (non-hydrogen) atoms. The predicted octanol–water partition coefficient (Wildman–Crippen LogP) is 5.90. The standard InChI is InChI=1S/C27H35N2O4P/c1-2-3-4-5-8-21-11-13-22(14-12-21)26-16-15-24(20-28-17-7-18-34(31,32)33)29-27(26)23-9-6-10-25(30)19-23/h6,9-16,19,28,30H,2-5,7-8,17-18,20H2,1H3,(H2,31,32,33). The van der Waals surface area contributed by atoms with Crippen molar-refractivity contribution in [2.45, 2.75) is 52.0 Å². The van der Waals surface area contributed by atoms with Gasteiger partial charge in [0.15, 0.2) is 0 Å². The molecule has 6 nitrogen and oxygen atoms in total. The molecular formula is C27H35N2O4P. The summed E-state index contributed by atoms with van der Waals surface area (Å²) in [7, 11) is -3.96. The van der Waals surface area contributed by atoms with Gasteiger partial charge in [0.1, 0.15) is 5.75 Å². The monoisotopic (exact) mass is 482 g/mol. The number of pyridine rings is 1. The van der Waals surface area contributed by atoms with Gasteiger partial charge in [-0.15, -0.1) is 0 Å². The van der Waals surface area contributed by atoms with Crippen molar-refractivity contribution in [3.63, 3.8) is 0 Å². The molecule has 1 aromatic heterocycles. The first kappa shape index (κ1) is 26.1. The summed E-state index contributed by atoms with van der Waals surface area (Å²) in [6.45, 7) is 3.21. The van der Waals surface area contributed by atoms with E-state index in [1.54, 1.807) is 12.1 Å². The first-order valence-electron chi connectivity index (χ1n) is 12.0. The number of hydrogen-bond donors (Lipinski definition) is 4. The normalized spacial score (nSPS) is 11.6. The van der Waals surface area contributed by atoms with E-state index >= 15 is 0 Å². The molecule has 0 amide bonds. The molecule has 0 spiro atoms. The number of nitrogens with zero attached hydrogens (tertiary/aromatic N) is 1. The summed E-state index contributed by atoms with van der Waals surface area (Å²) in [6.07, 6.45) is 6.34. The maximum Gasteiger partial charge on any atom is 0.325 e. The predicted molar refractivity (Wildman–Crippen MR) is 138 cm³/mol. The Hall–Kier alpha value is -2.50. The van der Waals surface area contributed by atoms with Crippen LogP contribution in [-0.2, 0) is 17.5 Å². The van der Waals surface area contributed by atoms with Crippen LogP contribution in [0.25, 0.3) is 22.4 Å². The van der Waals surface area contributed by atoms with Gasteiger partial charge >= 0.3 is 7.60 Å². The van der Waals surface area contributed by atoms with Gasteiger partial charge in [-0.3, -0.25) is 9.55 Å². The molecule has 0 fully saturated rings. The molecule has 0 aliphatic carbocycles. The second-order valence-corrected chi connectivity index (χ2v) is 10.5. The Balaban J connectivity index is 1.77. The first-order valence-corrected chi connectivity index (χ1v) is 13.8. The van der Waals surface area contributed by atoms with Crippen LogP contribution in [0.5, 0.6) is 5.75 Å². The average molecular weight is 483 g/mol. The molecule has 0 saturated heterocycles. The maximum absolute atomic E-state index is 11.0. The van der Waals surface area contributed by atoms with Crippen molar-refractivity contribution in [3.8, 4) is 28.1 Å². The van der Waals surface area contributed by atoms with Crippen molar-refractivity contribution in [3.05, 3.63) is 71.9 Å². The van der Waals surface area contributed by atoms with Crippen molar-refractivity contribution in [2.75, 3.05) is 12.7 Å². The molecule has 0 atom stereocenters. The van der Waals surface area contributed by atoms with Crippen LogP contribution in [0.4, 0.5) is 0 Å². The Morgan fingerprint density at radius 3 is 2.41 bits per heavy atom. The topological polar surface area (TPSA) is 103 Å². The third-order valence-corrected chi connectivity index (χ3v) is 6.66. The van der Waals surface area contributed by atoms with E-state index in [4.69, 9.17) is 14.8 Å². The summed E-state index contributed by atoms with van der Waals surface area (Å²) in [6, 6.07) is 19.8. The minimum Gasteiger partial charge on any atom is -0.508 e. The number of benzene rings is 2. The maximum atomic E-state index is 11.0. The lowest BCUT2D eigenvalue weighted by atomic mass is 9.96. The van der Waals surface area contributed by atoms with Crippen LogP contribution in [0.1, 0.15) is 50.3 Å². The lowest BCUT2D eigenvalue weighted by Gasteiger charge is -2.13. The second kappa shape index (κ2) is 12.8. The van der Waals surface area contributed by atoms with E-state index < -0.39 is 7.60 Å². The highest BCUT2D eigenvalue weighted by Crippen LogP contribution is 2.35. The van der Waals surface area contributed by atoms with E-state index in [0.717, 1.165) is 34.5 Å². The second-order valence-electron chi connectivity index (χ2n) is 8.68. The highest BCUT2D eigenvalue weighted by Gasteiger charge is 2.13. The molecule has 1 heterocycles. The number of hydrogen-bond acceptors (Lipinski definition) is 4. The SMILES string of the molecule is CCCCCCc1ccc(-c2ccc(CNCCCP(=O)(O)O)nc2-c2cccc(O)c2)cc1. The Kier molecular flexibility index (Phi) is 9.85. The number of rotatable bonds is 13. The smallest absolute Gasteiger partial charge is 0.325 e. The minimum absolute atomic E-state index is 0.129. The number of phenols is 1. The third-order valence-electron chi connectivity index (χ3n) is 5.77. The van der Waals surface area contributed by atoms with Crippen LogP contribution in [0, 0.1) is 0 Å². The highest BCUT2D eigenvalue weighted by molar-refractivity contribution is 7.51. The quantitative estimate of drug-likeness (QED) is 0.179. The number of unbranched alkanes of at least 4 members (excludes halogenated alkanes) is 3. The average Bonchev–Trinajstić information content (AvgIpc) is 2.81. The van der Waals surface area contributed by atoms with Crippen molar-refractivity contribution >= 4 is 7.60 Å². The minimum atomic E-state index is -3.96. The summed E-state index contributed by atoms with van der Waals surface area (Å²) >= 11 is 0. The third kappa shape index (κ3) is 8.37. The van der Waals surface area contributed by atoms with Gasteiger partial charge in [0, 0.05) is 17.7 Å². The summed E-state index contributed by atoms with van der Waals surface area (Å²) in [5, 5.41) is 13.2. The van der Waals surface area contributed by atoms with Crippen LogP contribution >= 0.6 is 7.60 Å². The van der Waals surface area contributed by atoms with Gasteiger partial charge in [-0.05, 0) is 55.1 Å². The van der Waals surface area contributed by atoms with E-state index in [9.17, 15) is 9.67 Å². The fraction of sp³-hybridized carbons (Fsp3) is 0.370. The Labute approximate surface area is 202 Å². The van der Waals surface area contributed by atoms with E-state index in [2.05, 4.69) is 42.6 Å². The van der Waals surface area contributed by atoms with Gasteiger partial charge in [0.25, 0.3) is 0 Å². The van der Waals surface area contributed by atoms with Crippen LogP contribution in [-0.4, -0.2) is 32.6 Å². The summed E-state index contributed by atoms with van der Waals surface area (Å²) in [4.78, 5) is 22.9. The molecule has 3 aromatic rings. The summed E-state index contributed by atoms with van der Waals surface area (Å²) < 4.78 is 11.0. The lowest BCUT2D eigenvalue weighted by molar-refractivity contribution is 0.371. The molecule has 0 radical (unpaired) electrons. The van der Waals surface area contributed by atoms with Gasteiger partial charge in [0.05, 0.1) is 17.5 Å². The first-order chi connectivity index (χ1) is 16.4. The van der Waals surface area contributed by atoms with Gasteiger partial charge in [-0.25, -0.2) is 0 Å². The molecule has 3 rings (SSSR count). The lowest BCUT2D eigenvalue weighted by Crippen LogP contribution is -2.16. The molecule has 182 valence electrons. The Morgan fingerprint density at radius 2 is 1.71 bits per heavy atom. The van der Waals surface area contributed by atoms with Crippen LogP contribution in [0.15, 0.2) is 60.7 Å². The van der Waals surface area contributed by atoms with E-state index in [1.807, 2.05) is 18.2 Å². The zero-order chi connectivity index (χ0) is 24.4. The van der Waals surface area contributed by atoms with Gasteiger partial charge in [0.2, 0.25) is 0 Å². The van der Waals surface area contributed by atoms with Crippen LogP contribution in [0.2, 0.25) is 0 Å². The number of nitrogens with one attached hydrogen (secondary N) is 1. The van der Waals surface area contributed by atoms with Crippen molar-refractivity contribution in [2.24, 2.45) is 0 Å². The van der Waals surface area contributed by atoms with E-state index in [0.29, 0.717) is 19.5 Å². The molecule has 0 aliphatic heterocycles. The van der Waals surface area contributed by atoms with Gasteiger partial charge in [-0.2, -0.15) is 0 Å². The number of aromatic nitrogens is 1. The molecule has 0 aliphatic rings. The molecule has 0 saturated carbocycles. The van der Waals surface area contributed by atoms with E-state index in [-0.39, 0.29) is 11.9 Å². The van der Waals surface area contributed by atoms with E-state index in [1.165, 1.54) is 31.2 Å². The zero-order valence-electron chi connectivity index (χ0n) is 19.8. The molecular weight excluding hydrogens is 447 g/mol. The summed E-state index contributed by atoms with van der Waals surface area (Å²) in [5.41, 5.74) is 5.86. The summed E-state index contributed by atoms with van der Waals surface area (Å²) in [5.74, 6) is 0.189. The molecule has 2 aromatic carbocycles. The van der Waals surface area contributed by atoms with Crippen molar-refractivity contribution in [1.82, 2.24) is 10.3 Å². The Morgan fingerprint density at radius 1 is 0.912 bits per heavy atom. The Bertz CT molecular complexity index is 1100. The van der Waals surface area contributed by atoms with Crippen molar-refractivity contribution < 1.29 is 19.5 Å². The van der Waals surface area contributed by atoms with Crippen molar-refractivity contribution in [1.29, 1.82) is 0 Å². The molecule has 7 heteroatoms. The number of phenolic OH excluding ortho intramolecular Hbond substituents is 1. The molecule has 0 bridgehead atoms. The number of aromatic hydroxyl groups is 1. The van der Waals surface area contributed by atoms with Gasteiger partial charge < -0.3 is 20.2 Å². The van der Waals surface area contributed by atoms with Gasteiger partial charge in [-0.1, -0.05) is 68.7 Å². The zero-order valence-corrected chi connectivity index (χ0v) is 20.7. The number of aryl methyl sites for hydroxylation is 1.